The zero-order valence-corrected chi connectivity index (χ0v) is 14.5. The number of carbonyl (C=O) groups excluding carboxylic acids is 2. The smallest absolute Gasteiger partial charge is 0.340 e. The molecule has 0 radical (unpaired) electrons. The van der Waals surface area contributed by atoms with Crippen molar-refractivity contribution in [2.24, 2.45) is 0 Å². The minimum Gasteiger partial charge on any atom is -0.497 e. The van der Waals surface area contributed by atoms with Gasteiger partial charge < -0.3 is 14.8 Å². The fourth-order valence-electron chi connectivity index (χ4n) is 1.80. The Morgan fingerprint density at radius 1 is 1.17 bits per heavy atom. The van der Waals surface area contributed by atoms with Gasteiger partial charge in [-0.15, -0.1) is 23.1 Å². The second kappa shape index (κ2) is 8.59. The lowest BCUT2D eigenvalue weighted by Gasteiger charge is -2.06. The van der Waals surface area contributed by atoms with Crippen LogP contribution in [-0.2, 0) is 9.53 Å². The molecule has 1 aromatic heterocycles. The van der Waals surface area contributed by atoms with Crippen molar-refractivity contribution in [1.82, 2.24) is 0 Å². The molecule has 0 saturated carbocycles. The van der Waals surface area contributed by atoms with Crippen LogP contribution in [0.5, 0.6) is 5.75 Å². The van der Waals surface area contributed by atoms with Crippen molar-refractivity contribution in [3.05, 3.63) is 41.3 Å². The van der Waals surface area contributed by atoms with Gasteiger partial charge in [0.25, 0.3) is 0 Å². The molecule has 122 valence electrons. The largest absolute Gasteiger partial charge is 0.497 e. The number of hydrogen-bond donors (Lipinski definition) is 1. The third-order valence-corrected chi connectivity index (χ3v) is 4.82. The van der Waals surface area contributed by atoms with Crippen LogP contribution in [0, 0.1) is 0 Å². The number of benzene rings is 1. The third-order valence-electron chi connectivity index (χ3n) is 2.98. The molecule has 0 aliphatic rings. The Hall–Kier alpha value is -1.99. The Balaban J connectivity index is 1.81. The molecular weight excluding hydrogens is 334 g/mol. The predicted octanol–water partition coefficient (Wildman–Crippen LogP) is 3.66. The summed E-state index contributed by atoms with van der Waals surface area (Å²) in [7, 11) is 2.94. The highest BCUT2D eigenvalue weighted by molar-refractivity contribution is 7.99. The fraction of sp³-hybridized carbons (Fsp3) is 0.250. The molecule has 1 N–H and O–H groups in total. The molecule has 2 rings (SSSR count). The number of carbonyl (C=O) groups is 2. The Morgan fingerprint density at radius 2 is 1.91 bits per heavy atom. The van der Waals surface area contributed by atoms with Crippen LogP contribution >= 0.6 is 23.1 Å². The first-order valence-corrected chi connectivity index (χ1v) is 8.73. The van der Waals surface area contributed by atoms with Gasteiger partial charge in [-0.05, 0) is 35.7 Å². The van der Waals surface area contributed by atoms with E-state index in [-0.39, 0.29) is 5.91 Å². The lowest BCUT2D eigenvalue weighted by Crippen LogP contribution is -2.14. The molecule has 5 nitrogen and oxygen atoms in total. The van der Waals surface area contributed by atoms with E-state index in [4.69, 9.17) is 4.74 Å². The number of ether oxygens (including phenoxy) is 2. The van der Waals surface area contributed by atoms with Crippen molar-refractivity contribution in [1.29, 1.82) is 0 Å². The van der Waals surface area contributed by atoms with Crippen LogP contribution in [0.3, 0.4) is 0 Å². The number of rotatable bonds is 7. The minimum absolute atomic E-state index is 0.126. The topological polar surface area (TPSA) is 64.6 Å². The quantitative estimate of drug-likeness (QED) is 0.609. The van der Waals surface area contributed by atoms with Crippen molar-refractivity contribution in [3.8, 4) is 5.75 Å². The molecule has 0 aliphatic carbocycles. The van der Waals surface area contributed by atoms with E-state index >= 15 is 0 Å². The molecule has 7 heteroatoms. The summed E-state index contributed by atoms with van der Waals surface area (Å²) in [6.45, 7) is 0. The predicted molar refractivity (Wildman–Crippen MR) is 92.6 cm³/mol. The molecule has 0 fully saturated rings. The standard InChI is InChI=1S/C16H17NO4S2/c1-20-11-3-5-12(6-4-11)22-10-8-14(18)17-15-13(7-9-23-15)16(19)21-2/h3-7,9H,8,10H2,1-2H3,(H,17,18). The second-order valence-corrected chi connectivity index (χ2v) is 6.56. The van der Waals surface area contributed by atoms with Crippen LogP contribution in [0.2, 0.25) is 0 Å². The first-order chi connectivity index (χ1) is 11.1. The van der Waals surface area contributed by atoms with Gasteiger partial charge in [0.05, 0.1) is 19.8 Å². The van der Waals surface area contributed by atoms with Crippen molar-refractivity contribution in [2.75, 3.05) is 25.3 Å². The lowest BCUT2D eigenvalue weighted by atomic mass is 10.3. The summed E-state index contributed by atoms with van der Waals surface area (Å²) < 4.78 is 9.78. The minimum atomic E-state index is -0.450. The van der Waals surface area contributed by atoms with Crippen molar-refractivity contribution in [3.63, 3.8) is 0 Å². The highest BCUT2D eigenvalue weighted by Gasteiger charge is 2.15. The normalized spacial score (nSPS) is 10.2. The van der Waals surface area contributed by atoms with Gasteiger partial charge >= 0.3 is 5.97 Å². The van der Waals surface area contributed by atoms with E-state index in [1.807, 2.05) is 24.3 Å². The fourth-order valence-corrected chi connectivity index (χ4v) is 3.44. The van der Waals surface area contributed by atoms with E-state index in [9.17, 15) is 9.59 Å². The molecular formula is C16H17NO4S2. The molecule has 1 aromatic carbocycles. The Kier molecular flexibility index (Phi) is 6.49. The molecule has 1 amide bonds. The molecule has 0 aliphatic heterocycles. The van der Waals surface area contributed by atoms with Crippen LogP contribution in [-0.4, -0.2) is 31.8 Å². The maximum atomic E-state index is 12.0. The van der Waals surface area contributed by atoms with E-state index in [1.165, 1.54) is 18.4 Å². The summed E-state index contributed by atoms with van der Waals surface area (Å²) in [5.41, 5.74) is 0.383. The van der Waals surface area contributed by atoms with Gasteiger partial charge in [-0.2, -0.15) is 0 Å². The Morgan fingerprint density at radius 3 is 2.57 bits per heavy atom. The first kappa shape index (κ1) is 17.4. The Labute approximate surface area is 143 Å². The van der Waals surface area contributed by atoms with Gasteiger partial charge in [0.2, 0.25) is 5.91 Å². The van der Waals surface area contributed by atoms with Crippen LogP contribution in [0.4, 0.5) is 5.00 Å². The number of nitrogens with one attached hydrogen (secondary N) is 1. The zero-order valence-electron chi connectivity index (χ0n) is 12.8. The number of esters is 1. The zero-order chi connectivity index (χ0) is 16.7. The summed E-state index contributed by atoms with van der Waals surface area (Å²) >= 11 is 2.89. The highest BCUT2D eigenvalue weighted by Crippen LogP contribution is 2.25. The number of methoxy groups -OCH3 is 2. The van der Waals surface area contributed by atoms with Gasteiger partial charge in [0, 0.05) is 17.1 Å². The van der Waals surface area contributed by atoms with Gasteiger partial charge in [0.1, 0.15) is 10.8 Å². The van der Waals surface area contributed by atoms with Crippen LogP contribution < -0.4 is 10.1 Å². The second-order valence-electron chi connectivity index (χ2n) is 4.48. The molecule has 0 saturated heterocycles. The van der Waals surface area contributed by atoms with E-state index < -0.39 is 5.97 Å². The van der Waals surface area contributed by atoms with Gasteiger partial charge in [-0.1, -0.05) is 0 Å². The maximum Gasteiger partial charge on any atom is 0.340 e. The lowest BCUT2D eigenvalue weighted by molar-refractivity contribution is -0.115. The molecule has 0 spiro atoms. The van der Waals surface area contributed by atoms with Gasteiger partial charge in [-0.3, -0.25) is 4.79 Å². The van der Waals surface area contributed by atoms with E-state index in [0.717, 1.165) is 10.6 Å². The summed E-state index contributed by atoms with van der Waals surface area (Å²) in [6.07, 6.45) is 0.356. The number of anilines is 1. The van der Waals surface area contributed by atoms with Gasteiger partial charge in [0.15, 0.2) is 0 Å². The number of thiophene rings is 1. The maximum absolute atomic E-state index is 12.0. The van der Waals surface area contributed by atoms with Gasteiger partial charge in [-0.25, -0.2) is 4.79 Å². The summed E-state index contributed by atoms with van der Waals surface area (Å²) in [4.78, 5) is 24.6. The van der Waals surface area contributed by atoms with Crippen molar-refractivity contribution < 1.29 is 19.1 Å². The molecule has 2 aromatic rings. The Bertz CT molecular complexity index is 667. The molecule has 23 heavy (non-hydrogen) atoms. The summed E-state index contributed by atoms with van der Waals surface area (Å²) in [5.74, 6) is 0.879. The van der Waals surface area contributed by atoms with Crippen molar-refractivity contribution in [2.45, 2.75) is 11.3 Å². The monoisotopic (exact) mass is 351 g/mol. The van der Waals surface area contributed by atoms with E-state index in [1.54, 1.807) is 30.3 Å². The highest BCUT2D eigenvalue weighted by atomic mass is 32.2. The van der Waals surface area contributed by atoms with Crippen molar-refractivity contribution >= 4 is 40.0 Å². The van der Waals surface area contributed by atoms with Crippen LogP contribution in [0.15, 0.2) is 40.6 Å². The molecule has 1 heterocycles. The van der Waals surface area contributed by atoms with Crippen LogP contribution in [0.1, 0.15) is 16.8 Å². The average Bonchev–Trinajstić information content (AvgIpc) is 3.02. The third kappa shape index (κ3) is 5.01. The summed E-state index contributed by atoms with van der Waals surface area (Å²) in [6, 6.07) is 9.32. The summed E-state index contributed by atoms with van der Waals surface area (Å²) in [5, 5.41) is 5.02. The molecule has 0 unspecified atom stereocenters. The van der Waals surface area contributed by atoms with E-state index in [2.05, 4.69) is 10.1 Å². The average molecular weight is 351 g/mol. The van der Waals surface area contributed by atoms with Crippen LogP contribution in [0.25, 0.3) is 0 Å². The SMILES string of the molecule is COC(=O)c1ccsc1NC(=O)CCSc1ccc(OC)cc1. The first-order valence-electron chi connectivity index (χ1n) is 6.86. The number of thioether (sulfide) groups is 1. The molecule has 0 bridgehead atoms. The number of amides is 1. The van der Waals surface area contributed by atoms with E-state index in [0.29, 0.717) is 22.7 Å². The number of hydrogen-bond acceptors (Lipinski definition) is 6. The molecule has 0 atom stereocenters.